The summed E-state index contributed by atoms with van der Waals surface area (Å²) in [6.07, 6.45) is 4.74. The summed E-state index contributed by atoms with van der Waals surface area (Å²) in [4.78, 5) is 26.1. The van der Waals surface area contributed by atoms with Gasteiger partial charge in [-0.25, -0.2) is 4.79 Å². The van der Waals surface area contributed by atoms with Crippen molar-refractivity contribution in [3.63, 3.8) is 0 Å². The van der Waals surface area contributed by atoms with Crippen molar-refractivity contribution in [2.24, 2.45) is 0 Å². The molecule has 0 unspecified atom stereocenters. The molecule has 0 aromatic heterocycles. The quantitative estimate of drug-likeness (QED) is 0.900. The summed E-state index contributed by atoms with van der Waals surface area (Å²) in [6.45, 7) is 0.516. The van der Waals surface area contributed by atoms with Crippen molar-refractivity contribution in [3.05, 3.63) is 35.4 Å². The molecule has 1 saturated carbocycles. The zero-order valence-electron chi connectivity index (χ0n) is 11.5. The first kappa shape index (κ1) is 13.2. The minimum absolute atomic E-state index is 0.115. The summed E-state index contributed by atoms with van der Waals surface area (Å²) < 4.78 is 0. The minimum atomic E-state index is -0.983. The number of carbonyl (C=O) groups is 2. The second kappa shape index (κ2) is 4.93. The molecule has 106 valence electrons. The number of amides is 1. The predicted molar refractivity (Wildman–Crippen MR) is 74.6 cm³/mol. The molecule has 1 aliphatic carbocycles. The normalized spacial score (nSPS) is 21.4. The molecule has 3 rings (SSSR count). The molecule has 0 spiro atoms. The molecule has 1 aliphatic heterocycles. The van der Waals surface area contributed by atoms with Crippen LogP contribution in [0, 0.1) is 0 Å². The Labute approximate surface area is 118 Å². The number of nitrogens with zero attached hydrogens (tertiary/aromatic N) is 1. The summed E-state index contributed by atoms with van der Waals surface area (Å²) in [5.74, 6) is -0.957. The first-order valence-electron chi connectivity index (χ1n) is 7.28. The Morgan fingerprint density at radius 1 is 1.15 bits per heavy atom. The molecule has 1 fully saturated rings. The van der Waals surface area contributed by atoms with Crippen LogP contribution in [0.2, 0.25) is 0 Å². The van der Waals surface area contributed by atoms with Crippen molar-refractivity contribution in [2.45, 2.75) is 44.1 Å². The summed E-state index contributed by atoms with van der Waals surface area (Å²) in [5, 5.41) is 9.71. The van der Waals surface area contributed by atoms with E-state index in [1.165, 1.54) is 0 Å². The molecule has 1 aromatic carbocycles. The molecule has 20 heavy (non-hydrogen) atoms. The SMILES string of the molecule is O=C1c2ccccc2CCN1C1(C(=O)O)CCCCC1. The van der Waals surface area contributed by atoms with Crippen LogP contribution in [-0.2, 0) is 11.2 Å². The molecule has 4 nitrogen and oxygen atoms in total. The van der Waals surface area contributed by atoms with Crippen LogP contribution in [0.1, 0.15) is 48.0 Å². The van der Waals surface area contributed by atoms with Crippen molar-refractivity contribution in [3.8, 4) is 0 Å². The molecule has 0 atom stereocenters. The van der Waals surface area contributed by atoms with E-state index in [9.17, 15) is 14.7 Å². The maximum Gasteiger partial charge on any atom is 0.329 e. The van der Waals surface area contributed by atoms with Crippen molar-refractivity contribution < 1.29 is 14.7 Å². The molecule has 4 heteroatoms. The maximum absolute atomic E-state index is 12.7. The largest absolute Gasteiger partial charge is 0.479 e. The van der Waals surface area contributed by atoms with E-state index in [1.807, 2.05) is 24.3 Å². The van der Waals surface area contributed by atoms with Crippen LogP contribution in [0.5, 0.6) is 0 Å². The van der Waals surface area contributed by atoms with E-state index in [1.54, 1.807) is 4.90 Å². The van der Waals surface area contributed by atoms with Gasteiger partial charge in [-0.3, -0.25) is 4.79 Å². The lowest BCUT2D eigenvalue weighted by molar-refractivity contribution is -0.152. The lowest BCUT2D eigenvalue weighted by atomic mass is 9.78. The fraction of sp³-hybridized carbons (Fsp3) is 0.500. The van der Waals surface area contributed by atoms with E-state index in [4.69, 9.17) is 0 Å². The summed E-state index contributed by atoms with van der Waals surface area (Å²) in [7, 11) is 0. The Morgan fingerprint density at radius 3 is 2.55 bits per heavy atom. The average molecular weight is 273 g/mol. The van der Waals surface area contributed by atoms with Crippen molar-refractivity contribution in [2.75, 3.05) is 6.54 Å². The molecular formula is C16H19NO3. The number of carboxylic acid groups (broad SMARTS) is 1. The minimum Gasteiger partial charge on any atom is -0.479 e. The van der Waals surface area contributed by atoms with Gasteiger partial charge in [-0.2, -0.15) is 0 Å². The van der Waals surface area contributed by atoms with Crippen LogP contribution in [0.4, 0.5) is 0 Å². The Bertz CT molecular complexity index is 546. The van der Waals surface area contributed by atoms with Gasteiger partial charge in [0, 0.05) is 12.1 Å². The Balaban J connectivity index is 1.98. The van der Waals surface area contributed by atoms with E-state index >= 15 is 0 Å². The predicted octanol–water partition coefficient (Wildman–Crippen LogP) is 2.47. The number of hydrogen-bond acceptors (Lipinski definition) is 2. The molecule has 0 bridgehead atoms. The third-order valence-corrected chi connectivity index (χ3v) is 4.69. The smallest absolute Gasteiger partial charge is 0.329 e. The van der Waals surface area contributed by atoms with Gasteiger partial charge >= 0.3 is 5.97 Å². The van der Waals surface area contributed by atoms with Gasteiger partial charge in [-0.1, -0.05) is 37.5 Å². The second-order valence-corrected chi connectivity index (χ2v) is 5.76. The number of rotatable bonds is 2. The Hall–Kier alpha value is -1.84. The topological polar surface area (TPSA) is 57.6 Å². The molecular weight excluding hydrogens is 254 g/mol. The van der Waals surface area contributed by atoms with Gasteiger partial charge < -0.3 is 10.0 Å². The van der Waals surface area contributed by atoms with Crippen LogP contribution in [0.15, 0.2) is 24.3 Å². The fourth-order valence-electron chi connectivity index (χ4n) is 3.57. The number of carbonyl (C=O) groups excluding carboxylic acids is 1. The molecule has 0 saturated heterocycles. The van der Waals surface area contributed by atoms with Gasteiger partial charge in [0.05, 0.1) is 0 Å². The van der Waals surface area contributed by atoms with Gasteiger partial charge in [0.15, 0.2) is 0 Å². The molecule has 1 N–H and O–H groups in total. The van der Waals surface area contributed by atoms with E-state index < -0.39 is 11.5 Å². The number of fused-ring (bicyclic) bond motifs is 1. The van der Waals surface area contributed by atoms with Crippen LogP contribution < -0.4 is 0 Å². The van der Waals surface area contributed by atoms with Crippen LogP contribution in [-0.4, -0.2) is 34.0 Å². The molecule has 1 amide bonds. The standard InChI is InChI=1S/C16H19NO3/c18-14-13-7-3-2-6-12(13)8-11-17(14)16(15(19)20)9-4-1-5-10-16/h2-3,6-7H,1,4-5,8-11H2,(H,19,20). The Morgan fingerprint density at radius 2 is 1.85 bits per heavy atom. The lowest BCUT2D eigenvalue weighted by Crippen LogP contribution is -2.59. The van der Waals surface area contributed by atoms with Gasteiger partial charge in [-0.15, -0.1) is 0 Å². The summed E-state index contributed by atoms with van der Waals surface area (Å²) in [6, 6.07) is 7.53. The van der Waals surface area contributed by atoms with Crippen LogP contribution in [0.3, 0.4) is 0 Å². The zero-order valence-corrected chi connectivity index (χ0v) is 11.5. The van der Waals surface area contributed by atoms with Crippen molar-refractivity contribution in [1.82, 2.24) is 4.90 Å². The monoisotopic (exact) mass is 273 g/mol. The number of benzene rings is 1. The van der Waals surface area contributed by atoms with E-state index in [-0.39, 0.29) is 5.91 Å². The highest BCUT2D eigenvalue weighted by Crippen LogP contribution is 2.37. The highest BCUT2D eigenvalue weighted by Gasteiger charge is 2.48. The van der Waals surface area contributed by atoms with Gasteiger partial charge in [0.1, 0.15) is 5.54 Å². The summed E-state index contributed by atoms with van der Waals surface area (Å²) >= 11 is 0. The maximum atomic E-state index is 12.7. The highest BCUT2D eigenvalue weighted by atomic mass is 16.4. The first-order chi connectivity index (χ1) is 9.65. The molecule has 1 aromatic rings. The molecule has 2 aliphatic rings. The number of hydrogen-bond donors (Lipinski definition) is 1. The molecule has 0 radical (unpaired) electrons. The molecule has 1 heterocycles. The van der Waals surface area contributed by atoms with E-state index in [2.05, 4.69) is 0 Å². The van der Waals surface area contributed by atoms with E-state index in [0.29, 0.717) is 24.9 Å². The van der Waals surface area contributed by atoms with Gasteiger partial charge in [0.2, 0.25) is 0 Å². The Kier molecular flexibility index (Phi) is 3.24. The fourth-order valence-corrected chi connectivity index (χ4v) is 3.57. The van der Waals surface area contributed by atoms with Crippen LogP contribution in [0.25, 0.3) is 0 Å². The third-order valence-electron chi connectivity index (χ3n) is 4.69. The zero-order chi connectivity index (χ0) is 14.2. The third kappa shape index (κ3) is 1.90. The first-order valence-corrected chi connectivity index (χ1v) is 7.28. The van der Waals surface area contributed by atoms with Crippen LogP contribution >= 0.6 is 0 Å². The van der Waals surface area contributed by atoms with Gasteiger partial charge in [0.25, 0.3) is 5.91 Å². The lowest BCUT2D eigenvalue weighted by Gasteiger charge is -2.45. The number of carboxylic acids is 1. The van der Waals surface area contributed by atoms with Crippen molar-refractivity contribution in [1.29, 1.82) is 0 Å². The second-order valence-electron chi connectivity index (χ2n) is 5.76. The highest BCUT2D eigenvalue weighted by molar-refractivity contribution is 6.00. The van der Waals surface area contributed by atoms with Gasteiger partial charge in [-0.05, 0) is 30.9 Å². The average Bonchev–Trinajstić information content (AvgIpc) is 2.48. The number of aliphatic carboxylic acids is 1. The van der Waals surface area contributed by atoms with E-state index in [0.717, 1.165) is 31.2 Å². The summed E-state index contributed by atoms with van der Waals surface area (Å²) in [5.41, 5.74) is 0.720. The van der Waals surface area contributed by atoms with Crippen molar-refractivity contribution >= 4 is 11.9 Å².